The van der Waals surface area contributed by atoms with Gasteiger partial charge in [-0.15, -0.1) is 0 Å². The van der Waals surface area contributed by atoms with Gasteiger partial charge in [0.2, 0.25) is 0 Å². The third-order valence-corrected chi connectivity index (χ3v) is 2.46. The van der Waals surface area contributed by atoms with E-state index >= 15 is 0 Å². The fourth-order valence-corrected chi connectivity index (χ4v) is 1.50. The number of carbonyl (C=O) groups excluding carboxylic acids is 1. The van der Waals surface area contributed by atoms with Crippen LogP contribution in [0.4, 0.5) is 0 Å². The van der Waals surface area contributed by atoms with Crippen molar-refractivity contribution in [2.24, 2.45) is 0 Å². The molecule has 0 heterocycles. The molecule has 0 amide bonds. The lowest BCUT2D eigenvalue weighted by Gasteiger charge is -2.13. The molecule has 1 rings (SSSR count). The zero-order valence-corrected chi connectivity index (χ0v) is 11.9. The van der Waals surface area contributed by atoms with Gasteiger partial charge in [-0.1, -0.05) is 0 Å². The van der Waals surface area contributed by atoms with Crippen molar-refractivity contribution in [2.45, 2.75) is 13.2 Å². The Labute approximate surface area is 113 Å². The van der Waals surface area contributed by atoms with Gasteiger partial charge in [0.05, 0.1) is 22.1 Å². The SMILES string of the molecule is CCOC(O)COc1cc(OP)cc(C(=O)OC)c1. The molecule has 2 unspecified atom stereocenters. The van der Waals surface area contributed by atoms with Gasteiger partial charge in [-0.05, 0) is 19.1 Å². The molecule has 0 saturated heterocycles. The fourth-order valence-electron chi connectivity index (χ4n) is 1.37. The lowest BCUT2D eigenvalue weighted by molar-refractivity contribution is -0.115. The molecule has 0 aliphatic rings. The molecule has 0 fully saturated rings. The molecular formula is C12H17O6P. The molecule has 0 aliphatic carbocycles. The van der Waals surface area contributed by atoms with E-state index in [0.29, 0.717) is 23.7 Å². The van der Waals surface area contributed by atoms with Crippen LogP contribution >= 0.6 is 9.47 Å². The zero-order valence-electron chi connectivity index (χ0n) is 10.8. The van der Waals surface area contributed by atoms with Crippen LogP contribution in [-0.4, -0.2) is 37.7 Å². The summed E-state index contributed by atoms with van der Waals surface area (Å²) in [4.78, 5) is 11.5. The Morgan fingerprint density at radius 1 is 1.37 bits per heavy atom. The summed E-state index contributed by atoms with van der Waals surface area (Å²) in [6.45, 7) is 2.10. The number of benzene rings is 1. The monoisotopic (exact) mass is 288 g/mol. The van der Waals surface area contributed by atoms with E-state index in [0.717, 1.165) is 0 Å². The summed E-state index contributed by atoms with van der Waals surface area (Å²) in [7, 11) is 3.36. The fraction of sp³-hybridized carbons (Fsp3) is 0.417. The number of ether oxygens (including phenoxy) is 3. The van der Waals surface area contributed by atoms with Crippen LogP contribution in [-0.2, 0) is 9.47 Å². The Morgan fingerprint density at radius 3 is 2.63 bits per heavy atom. The highest BCUT2D eigenvalue weighted by molar-refractivity contribution is 7.10. The highest BCUT2D eigenvalue weighted by Crippen LogP contribution is 2.25. The van der Waals surface area contributed by atoms with Crippen LogP contribution in [0.25, 0.3) is 0 Å². The highest BCUT2D eigenvalue weighted by Gasteiger charge is 2.11. The molecule has 1 N–H and O–H groups in total. The van der Waals surface area contributed by atoms with Crippen molar-refractivity contribution < 1.29 is 28.6 Å². The van der Waals surface area contributed by atoms with E-state index in [2.05, 4.69) is 14.2 Å². The minimum atomic E-state index is -1.02. The molecule has 0 radical (unpaired) electrons. The summed E-state index contributed by atoms with van der Waals surface area (Å²) >= 11 is 0. The van der Waals surface area contributed by atoms with Gasteiger partial charge in [0.15, 0.2) is 6.29 Å². The first-order valence-electron chi connectivity index (χ1n) is 5.63. The van der Waals surface area contributed by atoms with Crippen molar-refractivity contribution in [2.75, 3.05) is 20.3 Å². The molecule has 19 heavy (non-hydrogen) atoms. The highest BCUT2D eigenvalue weighted by atomic mass is 31.0. The number of carbonyl (C=O) groups is 1. The molecule has 0 aliphatic heterocycles. The molecule has 2 atom stereocenters. The van der Waals surface area contributed by atoms with Gasteiger partial charge in [-0.2, -0.15) is 0 Å². The van der Waals surface area contributed by atoms with Crippen molar-refractivity contribution in [1.29, 1.82) is 0 Å². The Balaban J connectivity index is 2.79. The van der Waals surface area contributed by atoms with Crippen LogP contribution < -0.4 is 9.26 Å². The van der Waals surface area contributed by atoms with E-state index in [1.807, 2.05) is 0 Å². The molecule has 1 aromatic rings. The molecular weight excluding hydrogens is 271 g/mol. The third kappa shape index (κ3) is 5.03. The number of esters is 1. The largest absolute Gasteiger partial charge is 0.488 e. The summed E-state index contributed by atoms with van der Waals surface area (Å²) < 4.78 is 19.9. The lowest BCUT2D eigenvalue weighted by atomic mass is 10.2. The van der Waals surface area contributed by atoms with Gasteiger partial charge in [0, 0.05) is 12.7 Å². The first kappa shape index (κ1) is 15.7. The van der Waals surface area contributed by atoms with Crippen molar-refractivity contribution in [3.05, 3.63) is 23.8 Å². The van der Waals surface area contributed by atoms with E-state index in [4.69, 9.17) is 14.0 Å². The predicted molar refractivity (Wildman–Crippen MR) is 71.2 cm³/mol. The molecule has 0 aromatic heterocycles. The van der Waals surface area contributed by atoms with Crippen LogP contribution in [0.2, 0.25) is 0 Å². The van der Waals surface area contributed by atoms with E-state index in [1.165, 1.54) is 19.2 Å². The normalized spacial score (nSPS) is 11.8. The maximum atomic E-state index is 11.5. The average molecular weight is 288 g/mol. The minimum absolute atomic E-state index is 0.0469. The Hall–Kier alpha value is -1.36. The van der Waals surface area contributed by atoms with E-state index in [-0.39, 0.29) is 6.61 Å². The maximum Gasteiger partial charge on any atom is 0.338 e. The van der Waals surface area contributed by atoms with Gasteiger partial charge in [0.1, 0.15) is 18.1 Å². The minimum Gasteiger partial charge on any atom is -0.488 e. The summed E-state index contributed by atoms with van der Waals surface area (Å²) in [6.07, 6.45) is -1.02. The van der Waals surface area contributed by atoms with E-state index in [1.54, 1.807) is 13.0 Å². The van der Waals surface area contributed by atoms with Crippen LogP contribution in [0.1, 0.15) is 17.3 Å². The average Bonchev–Trinajstić information content (AvgIpc) is 2.44. The standard InChI is InChI=1S/C12H17O6P/c1-3-16-11(13)7-17-9-4-8(12(14)15-2)5-10(6-9)18-19/h4-6,11,13H,3,7,19H2,1-2H3. The number of aliphatic hydroxyl groups is 1. The smallest absolute Gasteiger partial charge is 0.338 e. The maximum absolute atomic E-state index is 11.5. The first-order chi connectivity index (χ1) is 9.10. The summed E-state index contributed by atoms with van der Waals surface area (Å²) in [6, 6.07) is 4.60. The topological polar surface area (TPSA) is 74.2 Å². The Morgan fingerprint density at radius 2 is 2.05 bits per heavy atom. The van der Waals surface area contributed by atoms with Crippen LogP contribution in [0.15, 0.2) is 18.2 Å². The third-order valence-electron chi connectivity index (χ3n) is 2.19. The van der Waals surface area contributed by atoms with Crippen molar-refractivity contribution in [3.8, 4) is 11.5 Å². The van der Waals surface area contributed by atoms with Crippen LogP contribution in [0, 0.1) is 0 Å². The van der Waals surface area contributed by atoms with Gasteiger partial charge in [-0.3, -0.25) is 0 Å². The summed E-state index contributed by atoms with van der Waals surface area (Å²) in [5.74, 6) is 0.298. The predicted octanol–water partition coefficient (Wildman–Crippen LogP) is 1.38. The summed E-state index contributed by atoms with van der Waals surface area (Å²) in [5, 5.41) is 9.39. The number of hydrogen-bond donors (Lipinski definition) is 1. The second-order valence-corrected chi connectivity index (χ2v) is 3.76. The zero-order chi connectivity index (χ0) is 14.3. The first-order valence-corrected chi connectivity index (χ1v) is 6.10. The van der Waals surface area contributed by atoms with Gasteiger partial charge in [0.25, 0.3) is 0 Å². The number of methoxy groups -OCH3 is 1. The molecule has 1 aromatic carbocycles. The van der Waals surface area contributed by atoms with Gasteiger partial charge in [-0.25, -0.2) is 4.79 Å². The molecule has 7 heteroatoms. The second-order valence-electron chi connectivity index (χ2n) is 3.52. The van der Waals surface area contributed by atoms with Crippen LogP contribution in [0.3, 0.4) is 0 Å². The molecule has 0 spiro atoms. The summed E-state index contributed by atoms with van der Waals surface area (Å²) in [5.41, 5.74) is 0.295. The molecule has 0 saturated carbocycles. The van der Waals surface area contributed by atoms with Crippen LogP contribution in [0.5, 0.6) is 11.5 Å². The van der Waals surface area contributed by atoms with E-state index in [9.17, 15) is 9.90 Å². The second kappa shape index (κ2) is 7.94. The van der Waals surface area contributed by atoms with Crippen molar-refractivity contribution in [3.63, 3.8) is 0 Å². The van der Waals surface area contributed by atoms with E-state index < -0.39 is 12.3 Å². The van der Waals surface area contributed by atoms with Crippen molar-refractivity contribution in [1.82, 2.24) is 0 Å². The number of hydrogen-bond acceptors (Lipinski definition) is 6. The number of aliphatic hydroxyl groups excluding tert-OH is 1. The molecule has 6 nitrogen and oxygen atoms in total. The Bertz CT molecular complexity index is 423. The van der Waals surface area contributed by atoms with Crippen molar-refractivity contribution >= 4 is 15.4 Å². The van der Waals surface area contributed by atoms with Gasteiger partial charge < -0.3 is 23.8 Å². The molecule has 106 valence electrons. The Kier molecular flexibility index (Phi) is 6.56. The quantitative estimate of drug-likeness (QED) is 0.464. The molecule has 0 bridgehead atoms. The number of rotatable bonds is 7. The lowest BCUT2D eigenvalue weighted by Crippen LogP contribution is -2.21. The van der Waals surface area contributed by atoms with Gasteiger partial charge >= 0.3 is 5.97 Å².